The van der Waals surface area contributed by atoms with Gasteiger partial charge in [0.15, 0.2) is 17.3 Å². The molecule has 0 bridgehead atoms. The second-order valence-electron chi connectivity index (χ2n) is 8.39. The fourth-order valence-corrected chi connectivity index (χ4v) is 5.51. The molecule has 3 aliphatic heterocycles. The SMILES string of the molecule is COc1cc([C@@H]2SC(C)=Nc3c2c(=O)[nH]n3[C@@H]2CCOC(C)(C)C2)cc2c1OCO2. The number of aromatic amines is 1. The van der Waals surface area contributed by atoms with Crippen molar-refractivity contribution in [2.24, 2.45) is 4.99 Å². The van der Waals surface area contributed by atoms with Crippen molar-refractivity contribution in [3.8, 4) is 17.2 Å². The van der Waals surface area contributed by atoms with E-state index in [1.165, 1.54) is 0 Å². The van der Waals surface area contributed by atoms with E-state index in [-0.39, 0.29) is 29.2 Å². The topological polar surface area (TPSA) is 87.1 Å². The summed E-state index contributed by atoms with van der Waals surface area (Å²) in [6.07, 6.45) is 1.65. The van der Waals surface area contributed by atoms with E-state index in [0.717, 1.165) is 23.4 Å². The standard InChI is InChI=1S/C21H25N3O5S/c1-11-22-19-16(20(25)23-24(19)13-5-6-29-21(2,3)9-13)18(30-11)12-7-14(26-4)17-15(8-12)27-10-28-17/h7-8,13,18H,5-6,9-10H2,1-4H3,(H,23,25)/t13-,18+/m1/s1. The minimum atomic E-state index is -0.233. The van der Waals surface area contributed by atoms with Gasteiger partial charge in [0, 0.05) is 6.61 Å². The molecule has 3 aliphatic rings. The zero-order valence-corrected chi connectivity index (χ0v) is 18.3. The molecule has 0 radical (unpaired) electrons. The van der Waals surface area contributed by atoms with Crippen LogP contribution >= 0.6 is 11.8 Å². The fourth-order valence-electron chi connectivity index (χ4n) is 4.43. The summed E-state index contributed by atoms with van der Waals surface area (Å²) in [5, 5.41) is 3.76. The number of H-pyrrole nitrogens is 1. The molecule has 0 spiro atoms. The van der Waals surface area contributed by atoms with Crippen LogP contribution in [0.25, 0.3) is 0 Å². The number of methoxy groups -OCH3 is 1. The number of fused-ring (bicyclic) bond motifs is 2. The normalized spacial score (nSPS) is 24.3. The molecule has 8 nitrogen and oxygen atoms in total. The van der Waals surface area contributed by atoms with E-state index in [1.54, 1.807) is 18.9 Å². The number of hydrogen-bond acceptors (Lipinski definition) is 7. The molecule has 0 amide bonds. The smallest absolute Gasteiger partial charge is 0.271 e. The molecule has 1 fully saturated rings. The summed E-state index contributed by atoms with van der Waals surface area (Å²) in [5.74, 6) is 2.54. The fraction of sp³-hybridized carbons (Fsp3) is 0.524. The summed E-state index contributed by atoms with van der Waals surface area (Å²) >= 11 is 1.56. The van der Waals surface area contributed by atoms with Crippen LogP contribution in [0.1, 0.15) is 56.0 Å². The Morgan fingerprint density at radius 3 is 2.93 bits per heavy atom. The molecule has 0 aliphatic carbocycles. The van der Waals surface area contributed by atoms with Gasteiger partial charge in [-0.25, -0.2) is 4.99 Å². The molecule has 160 valence electrons. The van der Waals surface area contributed by atoms with Gasteiger partial charge in [-0.3, -0.25) is 14.6 Å². The molecule has 30 heavy (non-hydrogen) atoms. The number of ether oxygens (including phenoxy) is 4. The van der Waals surface area contributed by atoms with Crippen molar-refractivity contribution in [3.05, 3.63) is 33.6 Å². The lowest BCUT2D eigenvalue weighted by atomic mass is 9.94. The number of hydrogen-bond donors (Lipinski definition) is 1. The maximum absolute atomic E-state index is 13.1. The number of benzene rings is 1. The molecule has 1 N–H and O–H groups in total. The molecular weight excluding hydrogens is 406 g/mol. The lowest BCUT2D eigenvalue weighted by molar-refractivity contribution is -0.0705. The highest BCUT2D eigenvalue weighted by Crippen LogP contribution is 2.50. The molecule has 1 saturated heterocycles. The maximum atomic E-state index is 13.1. The van der Waals surface area contributed by atoms with E-state index in [9.17, 15) is 4.79 Å². The van der Waals surface area contributed by atoms with Gasteiger partial charge in [-0.1, -0.05) is 11.8 Å². The van der Waals surface area contributed by atoms with Gasteiger partial charge in [0.1, 0.15) is 0 Å². The van der Waals surface area contributed by atoms with Crippen LogP contribution in [-0.4, -0.2) is 40.9 Å². The van der Waals surface area contributed by atoms with E-state index in [2.05, 4.69) is 18.9 Å². The monoisotopic (exact) mass is 431 g/mol. The Hall–Kier alpha value is -2.39. The Morgan fingerprint density at radius 1 is 1.33 bits per heavy atom. The Balaban J connectivity index is 1.60. The quantitative estimate of drug-likeness (QED) is 0.792. The number of nitrogens with one attached hydrogen (secondary N) is 1. The lowest BCUT2D eigenvalue weighted by Crippen LogP contribution is -2.35. The summed E-state index contributed by atoms with van der Waals surface area (Å²) in [4.78, 5) is 17.9. The number of rotatable bonds is 3. The van der Waals surface area contributed by atoms with Crippen LogP contribution in [0.3, 0.4) is 0 Å². The predicted octanol–water partition coefficient (Wildman–Crippen LogP) is 3.93. The Labute approximate surface area is 178 Å². The van der Waals surface area contributed by atoms with Gasteiger partial charge in [0.05, 0.1) is 34.6 Å². The summed E-state index contributed by atoms with van der Waals surface area (Å²) in [6.45, 7) is 6.96. The Morgan fingerprint density at radius 2 is 2.17 bits per heavy atom. The number of thioether (sulfide) groups is 1. The predicted molar refractivity (Wildman–Crippen MR) is 115 cm³/mol. The van der Waals surface area contributed by atoms with Crippen LogP contribution in [0.4, 0.5) is 5.82 Å². The van der Waals surface area contributed by atoms with Crippen LogP contribution in [0, 0.1) is 0 Å². The van der Waals surface area contributed by atoms with Crippen LogP contribution in [0.2, 0.25) is 0 Å². The zero-order valence-electron chi connectivity index (χ0n) is 17.5. The van der Waals surface area contributed by atoms with Crippen molar-refractivity contribution >= 4 is 22.6 Å². The average molecular weight is 432 g/mol. The molecule has 9 heteroatoms. The first-order valence-corrected chi connectivity index (χ1v) is 10.9. The highest BCUT2D eigenvalue weighted by molar-refractivity contribution is 8.14. The first-order valence-electron chi connectivity index (χ1n) is 10.0. The molecule has 1 aromatic carbocycles. The molecule has 4 heterocycles. The molecule has 1 aromatic heterocycles. The zero-order chi connectivity index (χ0) is 21.0. The largest absolute Gasteiger partial charge is 0.493 e. The summed E-state index contributed by atoms with van der Waals surface area (Å²) in [6, 6.07) is 3.98. The number of aliphatic imine (C=N–C) groups is 1. The highest BCUT2D eigenvalue weighted by Gasteiger charge is 2.36. The Bertz CT molecular complexity index is 1090. The van der Waals surface area contributed by atoms with Gasteiger partial charge in [-0.2, -0.15) is 0 Å². The van der Waals surface area contributed by atoms with Crippen molar-refractivity contribution in [2.45, 2.75) is 50.5 Å². The van der Waals surface area contributed by atoms with Gasteiger partial charge >= 0.3 is 0 Å². The minimum Gasteiger partial charge on any atom is -0.493 e. The molecule has 2 atom stereocenters. The average Bonchev–Trinajstić information content (AvgIpc) is 3.30. The first-order chi connectivity index (χ1) is 14.4. The van der Waals surface area contributed by atoms with Crippen molar-refractivity contribution in [1.29, 1.82) is 0 Å². The second kappa shape index (κ2) is 7.09. The molecule has 2 aromatic rings. The van der Waals surface area contributed by atoms with E-state index < -0.39 is 0 Å². The number of nitrogens with zero attached hydrogens (tertiary/aromatic N) is 2. The van der Waals surface area contributed by atoms with E-state index in [1.807, 2.05) is 23.7 Å². The van der Waals surface area contributed by atoms with Gasteiger partial charge in [0.25, 0.3) is 5.56 Å². The third-order valence-corrected chi connectivity index (χ3v) is 6.95. The lowest BCUT2D eigenvalue weighted by Gasteiger charge is -2.36. The van der Waals surface area contributed by atoms with E-state index in [4.69, 9.17) is 23.9 Å². The third kappa shape index (κ3) is 3.20. The van der Waals surface area contributed by atoms with E-state index in [0.29, 0.717) is 35.2 Å². The van der Waals surface area contributed by atoms with Crippen molar-refractivity contribution in [1.82, 2.24) is 9.78 Å². The highest BCUT2D eigenvalue weighted by atomic mass is 32.2. The molecule has 0 unspecified atom stereocenters. The number of aromatic nitrogens is 2. The summed E-state index contributed by atoms with van der Waals surface area (Å²) in [7, 11) is 1.60. The van der Waals surface area contributed by atoms with Crippen molar-refractivity contribution in [3.63, 3.8) is 0 Å². The van der Waals surface area contributed by atoms with Gasteiger partial charge in [-0.15, -0.1) is 0 Å². The molecule has 5 rings (SSSR count). The van der Waals surface area contributed by atoms with Crippen molar-refractivity contribution < 1.29 is 18.9 Å². The maximum Gasteiger partial charge on any atom is 0.271 e. The van der Waals surface area contributed by atoms with Gasteiger partial charge < -0.3 is 18.9 Å². The van der Waals surface area contributed by atoms with Crippen molar-refractivity contribution in [2.75, 3.05) is 20.5 Å². The Kier molecular flexibility index (Phi) is 4.62. The third-order valence-electron chi connectivity index (χ3n) is 5.77. The summed E-state index contributed by atoms with van der Waals surface area (Å²) < 4.78 is 24.4. The van der Waals surface area contributed by atoms with E-state index >= 15 is 0 Å². The first kappa shape index (κ1) is 19.6. The summed E-state index contributed by atoms with van der Waals surface area (Å²) in [5.41, 5.74) is 1.24. The second-order valence-corrected chi connectivity index (χ2v) is 9.69. The van der Waals surface area contributed by atoms with Crippen LogP contribution in [0.5, 0.6) is 17.2 Å². The van der Waals surface area contributed by atoms with Crippen LogP contribution in [-0.2, 0) is 4.74 Å². The molecule has 0 saturated carbocycles. The van der Waals surface area contributed by atoms with Gasteiger partial charge in [0.2, 0.25) is 12.5 Å². The van der Waals surface area contributed by atoms with Gasteiger partial charge in [-0.05, 0) is 51.3 Å². The molecular formula is C21H25N3O5S. The van der Waals surface area contributed by atoms with Crippen LogP contribution in [0.15, 0.2) is 21.9 Å². The van der Waals surface area contributed by atoms with Crippen LogP contribution < -0.4 is 19.8 Å². The minimum absolute atomic E-state index is 0.111.